The molecule has 0 N–H and O–H groups in total. The number of hydrogen-bond acceptors (Lipinski definition) is 4. The molecule has 34 heavy (non-hydrogen) atoms. The van der Waals surface area contributed by atoms with E-state index in [1.807, 2.05) is 47.9 Å². The number of nitrogens with zero attached hydrogens (tertiary/aromatic N) is 2. The van der Waals surface area contributed by atoms with Gasteiger partial charge in [-0.2, -0.15) is 0 Å². The molecule has 0 aliphatic carbocycles. The molecule has 0 atom stereocenters. The summed E-state index contributed by atoms with van der Waals surface area (Å²) < 4.78 is 54.4. The zero-order valence-corrected chi connectivity index (χ0v) is 20.4. The molecule has 178 valence electrons. The van der Waals surface area contributed by atoms with Crippen LogP contribution in [0.4, 0.5) is 8.78 Å². The average Bonchev–Trinajstić information content (AvgIpc) is 3.08. The molecule has 2 heterocycles. The van der Waals surface area contributed by atoms with Gasteiger partial charge in [0, 0.05) is 12.6 Å². The summed E-state index contributed by atoms with van der Waals surface area (Å²) in [6.07, 6.45) is 0.175. The lowest BCUT2D eigenvalue weighted by molar-refractivity contribution is 0.219. The van der Waals surface area contributed by atoms with Gasteiger partial charge in [-0.25, -0.2) is 13.8 Å². The monoisotopic (exact) mass is 484 g/mol. The Morgan fingerprint density at radius 1 is 1.00 bits per heavy atom. The van der Waals surface area contributed by atoms with Crippen LogP contribution in [0, 0.1) is 11.6 Å². The maximum absolute atomic E-state index is 14.8. The molecule has 4 aromatic rings. The van der Waals surface area contributed by atoms with E-state index in [2.05, 4.69) is 11.6 Å². The normalized spacial score (nSPS) is 12.0. The molecule has 0 spiro atoms. The molecule has 4 rings (SSSR count). The topological polar surface area (TPSA) is 53.4 Å². The van der Waals surface area contributed by atoms with Crippen LogP contribution in [0.2, 0.25) is 0 Å². The van der Waals surface area contributed by atoms with Crippen molar-refractivity contribution < 1.29 is 22.4 Å². The van der Waals surface area contributed by atoms with Crippen molar-refractivity contribution in [1.82, 2.24) is 9.55 Å². The summed E-state index contributed by atoms with van der Waals surface area (Å²) in [7, 11) is -3.21. The summed E-state index contributed by atoms with van der Waals surface area (Å²) in [6, 6.07) is 13.4. The van der Waals surface area contributed by atoms with E-state index in [1.54, 1.807) is 13.8 Å². The summed E-state index contributed by atoms with van der Waals surface area (Å²) >= 11 is 0. The Balaban J connectivity index is 1.73. The standard InChI is InChI=1S/C26H27F2N2O3P/c1-5-32-34(31,33-6-2)16-19-9-7-18(8-10-19)15-30-23-12-11-22(17(3)4)29-26(23)25-21(28)13-20(27)14-24(25)30/h7-14H,3,5-6,15-16H2,1-2,4H3. The molecule has 0 radical (unpaired) electrons. The van der Waals surface area contributed by atoms with Crippen LogP contribution < -0.4 is 0 Å². The fraction of sp³-hybridized carbons (Fsp3) is 0.269. The van der Waals surface area contributed by atoms with Gasteiger partial charge < -0.3 is 13.6 Å². The van der Waals surface area contributed by atoms with Crippen molar-refractivity contribution in [1.29, 1.82) is 0 Å². The van der Waals surface area contributed by atoms with Crippen LogP contribution in [-0.4, -0.2) is 22.8 Å². The number of aromatic nitrogens is 2. The Morgan fingerprint density at radius 2 is 1.65 bits per heavy atom. The SMILES string of the molecule is C=C(C)c1ccc2c(n1)c1c(F)cc(F)cc1n2Cc1ccc(CP(=O)(OCC)OCC)cc1. The second-order valence-corrected chi connectivity index (χ2v) is 10.2. The highest BCUT2D eigenvalue weighted by molar-refractivity contribution is 7.53. The second-order valence-electron chi connectivity index (χ2n) is 8.13. The molecular formula is C26H27F2N2O3P. The van der Waals surface area contributed by atoms with E-state index >= 15 is 0 Å². The molecule has 0 saturated carbocycles. The first kappa shape index (κ1) is 24.3. The highest BCUT2D eigenvalue weighted by atomic mass is 31.2. The third-order valence-corrected chi connectivity index (χ3v) is 7.61. The van der Waals surface area contributed by atoms with Crippen molar-refractivity contribution in [2.24, 2.45) is 0 Å². The largest absolute Gasteiger partial charge is 0.335 e. The van der Waals surface area contributed by atoms with E-state index in [0.717, 1.165) is 22.8 Å². The van der Waals surface area contributed by atoms with E-state index < -0.39 is 19.2 Å². The van der Waals surface area contributed by atoms with Gasteiger partial charge in [-0.15, -0.1) is 0 Å². The highest BCUT2D eigenvalue weighted by Gasteiger charge is 2.24. The predicted octanol–water partition coefficient (Wildman–Crippen LogP) is 7.32. The van der Waals surface area contributed by atoms with Gasteiger partial charge in [0.25, 0.3) is 0 Å². The fourth-order valence-corrected chi connectivity index (χ4v) is 5.78. The van der Waals surface area contributed by atoms with Gasteiger partial charge in [0.15, 0.2) is 0 Å². The molecule has 0 aliphatic heterocycles. The van der Waals surface area contributed by atoms with Crippen molar-refractivity contribution in [2.75, 3.05) is 13.2 Å². The minimum absolute atomic E-state index is 0.175. The minimum atomic E-state index is -3.21. The summed E-state index contributed by atoms with van der Waals surface area (Å²) in [5.41, 5.74) is 4.76. The molecule has 0 unspecified atom stereocenters. The molecule has 2 aromatic heterocycles. The third-order valence-electron chi connectivity index (χ3n) is 5.56. The van der Waals surface area contributed by atoms with Crippen LogP contribution in [0.3, 0.4) is 0 Å². The average molecular weight is 484 g/mol. The van der Waals surface area contributed by atoms with E-state index in [9.17, 15) is 13.3 Å². The van der Waals surface area contributed by atoms with Gasteiger partial charge in [0.05, 0.1) is 47.0 Å². The maximum Gasteiger partial charge on any atom is 0.335 e. The minimum Gasteiger partial charge on any atom is -0.334 e. The number of benzene rings is 2. The van der Waals surface area contributed by atoms with Crippen LogP contribution in [0.25, 0.3) is 27.5 Å². The summed E-state index contributed by atoms with van der Waals surface area (Å²) in [6.45, 7) is 10.3. The quantitative estimate of drug-likeness (QED) is 0.234. The molecular weight excluding hydrogens is 457 g/mol. The van der Waals surface area contributed by atoms with Crippen molar-refractivity contribution >= 4 is 35.1 Å². The first-order chi connectivity index (χ1) is 16.2. The van der Waals surface area contributed by atoms with E-state index in [1.165, 1.54) is 6.07 Å². The Morgan fingerprint density at radius 3 is 2.26 bits per heavy atom. The fourth-order valence-electron chi connectivity index (χ4n) is 4.08. The van der Waals surface area contributed by atoms with Crippen LogP contribution in [-0.2, 0) is 26.3 Å². The van der Waals surface area contributed by atoms with Gasteiger partial charge in [-0.1, -0.05) is 30.8 Å². The molecule has 2 aromatic carbocycles. The van der Waals surface area contributed by atoms with Gasteiger partial charge in [-0.3, -0.25) is 4.57 Å². The highest BCUT2D eigenvalue weighted by Crippen LogP contribution is 2.51. The van der Waals surface area contributed by atoms with Crippen molar-refractivity contribution in [3.63, 3.8) is 0 Å². The van der Waals surface area contributed by atoms with Gasteiger partial charge in [-0.05, 0) is 55.7 Å². The van der Waals surface area contributed by atoms with Crippen molar-refractivity contribution in [3.05, 3.63) is 83.6 Å². The Kier molecular flexibility index (Phi) is 6.99. The number of pyridine rings is 1. The Hall–Kier alpha value is -2.86. The van der Waals surface area contributed by atoms with Crippen LogP contribution in [0.5, 0.6) is 0 Å². The van der Waals surface area contributed by atoms with Crippen molar-refractivity contribution in [3.8, 4) is 0 Å². The smallest absolute Gasteiger partial charge is 0.334 e. The van der Waals surface area contributed by atoms with Crippen LogP contribution in [0.1, 0.15) is 37.6 Å². The zero-order valence-electron chi connectivity index (χ0n) is 19.5. The lowest BCUT2D eigenvalue weighted by Crippen LogP contribution is -2.02. The molecule has 5 nitrogen and oxygen atoms in total. The summed E-state index contributed by atoms with van der Waals surface area (Å²) in [5, 5.41) is 0.283. The van der Waals surface area contributed by atoms with Crippen LogP contribution in [0.15, 0.2) is 55.1 Å². The van der Waals surface area contributed by atoms with Gasteiger partial charge in [0.2, 0.25) is 0 Å². The summed E-state index contributed by atoms with van der Waals surface area (Å²) in [4.78, 5) is 4.60. The molecule has 0 fully saturated rings. The maximum atomic E-state index is 14.8. The van der Waals surface area contributed by atoms with Crippen LogP contribution >= 0.6 is 7.60 Å². The zero-order chi connectivity index (χ0) is 24.5. The lowest BCUT2D eigenvalue weighted by atomic mass is 10.1. The van der Waals surface area contributed by atoms with E-state index in [4.69, 9.17) is 9.05 Å². The number of fused-ring (bicyclic) bond motifs is 3. The summed E-state index contributed by atoms with van der Waals surface area (Å²) in [5.74, 6) is -1.30. The molecule has 8 heteroatoms. The Labute approximate surface area is 197 Å². The number of halogens is 2. The van der Waals surface area contributed by atoms with Gasteiger partial charge in [0.1, 0.15) is 11.6 Å². The number of rotatable bonds is 9. The molecule has 0 aliphatic rings. The molecule has 0 saturated heterocycles. The van der Waals surface area contributed by atoms with Gasteiger partial charge >= 0.3 is 7.60 Å². The van der Waals surface area contributed by atoms with E-state index in [-0.39, 0.29) is 11.5 Å². The lowest BCUT2D eigenvalue weighted by Gasteiger charge is -2.17. The number of allylic oxidation sites excluding steroid dienone is 1. The van der Waals surface area contributed by atoms with E-state index in [0.29, 0.717) is 42.0 Å². The first-order valence-corrected chi connectivity index (χ1v) is 12.9. The molecule has 0 amide bonds. The number of hydrogen-bond donors (Lipinski definition) is 0. The predicted molar refractivity (Wildman–Crippen MR) is 132 cm³/mol. The molecule has 0 bridgehead atoms. The Bertz CT molecular complexity index is 1400. The third kappa shape index (κ3) is 4.83. The first-order valence-electron chi connectivity index (χ1n) is 11.1. The van der Waals surface area contributed by atoms with Crippen molar-refractivity contribution in [2.45, 2.75) is 33.5 Å². The second kappa shape index (κ2) is 9.79.